The number of oxime groups is 1. The molecular weight excluding hydrogens is 817 g/mol. The van der Waals surface area contributed by atoms with Crippen LogP contribution in [0.3, 0.4) is 0 Å². The largest absolute Gasteiger partial charge is 0.459 e. The topological polar surface area (TPSA) is 119 Å². The molecule has 10 heteroatoms. The van der Waals surface area contributed by atoms with E-state index in [-0.39, 0.29) is 49.4 Å². The van der Waals surface area contributed by atoms with E-state index in [1.54, 1.807) is 6.08 Å². The first kappa shape index (κ1) is 48.7. The van der Waals surface area contributed by atoms with Gasteiger partial charge in [0.2, 0.25) is 18.0 Å². The SMILES string of the molecule is C=CCOC12Oc3ccc(Oc4ccc5ccccc5c4)cc3C3C(CCCCO)C(CCCCO)C=C(C(=NOC4CCCCO4)CC1N(C)C(=O)CCCCCCCCCCC)C32. The first-order valence-corrected chi connectivity index (χ1v) is 25.2. The Bertz CT molecular complexity index is 2040. The summed E-state index contributed by atoms with van der Waals surface area (Å²) in [5.41, 5.74) is 2.83. The highest BCUT2D eigenvalue weighted by Gasteiger charge is 2.65. The lowest BCUT2D eigenvalue weighted by molar-refractivity contribution is -0.256. The molecule has 1 saturated heterocycles. The van der Waals surface area contributed by atoms with Crippen LogP contribution < -0.4 is 9.47 Å². The number of hydrogen-bond acceptors (Lipinski definition) is 9. The van der Waals surface area contributed by atoms with Gasteiger partial charge in [0.05, 0.1) is 24.8 Å². The van der Waals surface area contributed by atoms with Crippen molar-refractivity contribution in [3.63, 3.8) is 0 Å². The van der Waals surface area contributed by atoms with Crippen molar-refractivity contribution in [1.29, 1.82) is 0 Å². The molecule has 7 atom stereocenters. The fourth-order valence-corrected chi connectivity index (χ4v) is 11.0. The summed E-state index contributed by atoms with van der Waals surface area (Å²) in [6.45, 7) is 7.45. The average molecular weight is 893 g/mol. The fraction of sp³-hybridized carbons (Fsp3) is 0.600. The Morgan fingerprint density at radius 3 is 2.34 bits per heavy atom. The van der Waals surface area contributed by atoms with Crippen LogP contribution in [0, 0.1) is 17.8 Å². The van der Waals surface area contributed by atoms with Crippen LogP contribution >= 0.6 is 0 Å². The standard InChI is InChI=1S/C55H76N2O8/c1-4-6-7-8-9-10-11-12-13-26-51(60)57(3)50-39-48(56-65-52-27-18-21-35-61-52)46-37-42(24-16-19-32-58)45(25-17-20-33-59)53-47-38-44(63-43-29-28-40-22-14-15-23-41(40)36-43)30-31-49(47)64-55(50,54(46)53)62-34-5-2/h5,14-15,22-23,28-31,36-38,42,45,50,52-54,58-59H,2,4,6-13,16-21,24-27,32-35,39H2,1,3H3. The van der Waals surface area contributed by atoms with E-state index >= 15 is 0 Å². The summed E-state index contributed by atoms with van der Waals surface area (Å²) in [5.74, 6) is 0.663. The predicted molar refractivity (Wildman–Crippen MR) is 258 cm³/mol. The van der Waals surface area contributed by atoms with Gasteiger partial charge in [-0.2, -0.15) is 0 Å². The molecule has 1 saturated carbocycles. The fourth-order valence-electron chi connectivity index (χ4n) is 11.0. The van der Waals surface area contributed by atoms with Crippen molar-refractivity contribution in [2.75, 3.05) is 33.5 Å². The smallest absolute Gasteiger partial charge is 0.239 e. The molecule has 3 aromatic carbocycles. The summed E-state index contributed by atoms with van der Waals surface area (Å²) in [4.78, 5) is 22.7. The molecule has 10 nitrogen and oxygen atoms in total. The van der Waals surface area contributed by atoms with Crippen LogP contribution in [-0.2, 0) is 19.1 Å². The van der Waals surface area contributed by atoms with Crippen LogP contribution in [0.4, 0.5) is 0 Å². The van der Waals surface area contributed by atoms with Crippen LogP contribution in [0.5, 0.6) is 17.2 Å². The molecule has 0 bridgehead atoms. The Morgan fingerprint density at radius 2 is 1.60 bits per heavy atom. The number of likely N-dealkylation sites (N-methyl/N-ethyl adjacent to an activating group) is 1. The Morgan fingerprint density at radius 1 is 0.877 bits per heavy atom. The van der Waals surface area contributed by atoms with Gasteiger partial charge in [-0.1, -0.05) is 119 Å². The molecule has 7 unspecified atom stereocenters. The molecule has 2 aliphatic carbocycles. The third-order valence-corrected chi connectivity index (χ3v) is 14.4. The van der Waals surface area contributed by atoms with Gasteiger partial charge < -0.3 is 38.9 Å². The average Bonchev–Trinajstić information content (AvgIpc) is 3.33. The Hall–Kier alpha value is -4.22. The molecule has 3 aromatic rings. The molecule has 2 heterocycles. The number of aliphatic hydroxyl groups excluding tert-OH is 2. The summed E-state index contributed by atoms with van der Waals surface area (Å²) in [5, 5.41) is 27.2. The first-order valence-electron chi connectivity index (χ1n) is 25.2. The van der Waals surface area contributed by atoms with Gasteiger partial charge in [0, 0.05) is 51.0 Å². The summed E-state index contributed by atoms with van der Waals surface area (Å²) >= 11 is 0. The van der Waals surface area contributed by atoms with Crippen molar-refractivity contribution in [1.82, 2.24) is 4.90 Å². The maximum Gasteiger partial charge on any atom is 0.239 e. The molecule has 65 heavy (non-hydrogen) atoms. The maximum atomic E-state index is 14.5. The van der Waals surface area contributed by atoms with Crippen molar-refractivity contribution in [3.05, 3.63) is 90.5 Å². The minimum Gasteiger partial charge on any atom is -0.459 e. The van der Waals surface area contributed by atoms with E-state index in [1.807, 2.05) is 42.3 Å². The van der Waals surface area contributed by atoms with Crippen molar-refractivity contribution in [2.45, 2.75) is 159 Å². The zero-order valence-corrected chi connectivity index (χ0v) is 39.3. The van der Waals surface area contributed by atoms with Crippen molar-refractivity contribution in [2.24, 2.45) is 22.9 Å². The summed E-state index contributed by atoms with van der Waals surface area (Å²) in [7, 11) is 1.91. The number of hydrogen-bond donors (Lipinski definition) is 2. The molecule has 354 valence electrons. The van der Waals surface area contributed by atoms with Crippen molar-refractivity contribution >= 4 is 22.4 Å². The third kappa shape index (κ3) is 12.0. The van der Waals surface area contributed by atoms with Crippen LogP contribution in [0.1, 0.15) is 147 Å². The van der Waals surface area contributed by atoms with Gasteiger partial charge in [0.25, 0.3) is 0 Å². The number of benzene rings is 3. The number of nitrogens with zero attached hydrogens (tertiary/aromatic N) is 2. The van der Waals surface area contributed by atoms with Crippen LogP contribution in [0.2, 0.25) is 0 Å². The second kappa shape index (κ2) is 24.5. The van der Waals surface area contributed by atoms with Crippen molar-refractivity contribution in [3.8, 4) is 17.2 Å². The van der Waals surface area contributed by atoms with Crippen LogP contribution in [0.25, 0.3) is 10.8 Å². The highest BCUT2D eigenvalue weighted by atomic mass is 16.8. The maximum absolute atomic E-state index is 14.5. The van der Waals surface area contributed by atoms with Crippen LogP contribution in [-0.4, -0.2) is 78.3 Å². The van der Waals surface area contributed by atoms with Crippen LogP contribution in [0.15, 0.2) is 90.1 Å². The number of carbonyl (C=O) groups is 1. The Kier molecular flexibility index (Phi) is 18.4. The quantitative estimate of drug-likeness (QED) is 0.0465. The highest BCUT2D eigenvalue weighted by molar-refractivity contribution is 6.03. The third-order valence-electron chi connectivity index (χ3n) is 14.4. The Labute approximate surface area is 388 Å². The summed E-state index contributed by atoms with van der Waals surface area (Å²) in [6.07, 6.45) is 22.8. The number of allylic oxidation sites excluding steroid dienone is 1. The van der Waals surface area contributed by atoms with E-state index in [9.17, 15) is 15.0 Å². The number of amides is 1. The molecule has 4 aliphatic rings. The van der Waals surface area contributed by atoms with Gasteiger partial charge in [0.15, 0.2) is 0 Å². The second-order valence-corrected chi connectivity index (χ2v) is 18.9. The van der Waals surface area contributed by atoms with E-state index in [0.717, 1.165) is 97.6 Å². The minimum absolute atomic E-state index is 0.0603. The monoisotopic (exact) mass is 893 g/mol. The zero-order valence-electron chi connectivity index (χ0n) is 39.3. The summed E-state index contributed by atoms with van der Waals surface area (Å²) in [6, 6.07) is 20.0. The summed E-state index contributed by atoms with van der Waals surface area (Å²) < 4.78 is 27.2. The predicted octanol–water partition coefficient (Wildman–Crippen LogP) is 12.2. The van der Waals surface area contributed by atoms with E-state index in [0.29, 0.717) is 43.8 Å². The lowest BCUT2D eigenvalue weighted by Crippen LogP contribution is -2.69. The van der Waals surface area contributed by atoms with Gasteiger partial charge >= 0.3 is 0 Å². The van der Waals surface area contributed by atoms with E-state index in [4.69, 9.17) is 28.9 Å². The number of carbonyl (C=O) groups excluding carboxylic acids is 1. The highest BCUT2D eigenvalue weighted by Crippen LogP contribution is 2.62. The molecule has 7 rings (SSSR count). The lowest BCUT2D eigenvalue weighted by Gasteiger charge is -2.59. The number of fused-ring (bicyclic) bond motifs is 3. The van der Waals surface area contributed by atoms with Gasteiger partial charge in [-0.15, -0.1) is 6.58 Å². The molecule has 2 fully saturated rings. The molecule has 0 spiro atoms. The molecule has 2 aliphatic heterocycles. The first-order chi connectivity index (χ1) is 31.9. The van der Waals surface area contributed by atoms with E-state index < -0.39 is 18.1 Å². The Balaban J connectivity index is 1.30. The zero-order chi connectivity index (χ0) is 45.4. The van der Waals surface area contributed by atoms with Crippen molar-refractivity contribution < 1.29 is 38.8 Å². The van der Waals surface area contributed by atoms with E-state index in [1.165, 1.54) is 38.5 Å². The molecule has 0 aromatic heterocycles. The normalized spacial score (nSPS) is 25.3. The molecular formula is C55H76N2O8. The minimum atomic E-state index is -1.28. The van der Waals surface area contributed by atoms with E-state index in [2.05, 4.69) is 49.9 Å². The van der Waals surface area contributed by atoms with Gasteiger partial charge in [-0.05, 0) is 103 Å². The number of unbranched alkanes of at least 4 members (excludes halogenated alkanes) is 10. The van der Waals surface area contributed by atoms with Gasteiger partial charge in [-0.3, -0.25) is 4.79 Å². The molecule has 1 amide bonds. The van der Waals surface area contributed by atoms with Gasteiger partial charge in [0.1, 0.15) is 23.3 Å². The number of rotatable bonds is 26. The second-order valence-electron chi connectivity index (χ2n) is 18.9. The number of ether oxygens (including phenoxy) is 4. The van der Waals surface area contributed by atoms with Gasteiger partial charge in [-0.25, -0.2) is 0 Å². The molecule has 0 radical (unpaired) electrons. The lowest BCUT2D eigenvalue weighted by atomic mass is 9.55. The number of aliphatic hydroxyl groups is 2. The molecule has 2 N–H and O–H groups in total.